The molecule has 0 aliphatic heterocycles. The standard InChI is InChI=1S/C16H30N2O/c1-11-9-12(2)15(17)10-14(11)16(19)18-8-7-13-5-3-4-6-13/h11-15H,3-10,17H2,1-2H3,(H,18,19). The van der Waals surface area contributed by atoms with E-state index < -0.39 is 0 Å². The fourth-order valence-electron chi connectivity index (χ4n) is 3.88. The highest BCUT2D eigenvalue weighted by Crippen LogP contribution is 2.33. The first kappa shape index (κ1) is 14.8. The van der Waals surface area contributed by atoms with Crippen molar-refractivity contribution in [2.24, 2.45) is 29.4 Å². The van der Waals surface area contributed by atoms with Gasteiger partial charge in [0.15, 0.2) is 0 Å². The lowest BCUT2D eigenvalue weighted by molar-refractivity contribution is -0.128. The van der Waals surface area contributed by atoms with Crippen molar-refractivity contribution in [3.05, 3.63) is 0 Å². The minimum Gasteiger partial charge on any atom is -0.356 e. The van der Waals surface area contributed by atoms with Crippen molar-refractivity contribution in [3.8, 4) is 0 Å². The molecule has 0 aromatic carbocycles. The molecule has 0 radical (unpaired) electrons. The summed E-state index contributed by atoms with van der Waals surface area (Å²) in [6.45, 7) is 5.26. The van der Waals surface area contributed by atoms with E-state index in [1.807, 2.05) is 0 Å². The highest BCUT2D eigenvalue weighted by molar-refractivity contribution is 5.79. The number of nitrogens with one attached hydrogen (secondary N) is 1. The molecule has 0 aromatic heterocycles. The van der Waals surface area contributed by atoms with E-state index in [1.165, 1.54) is 25.7 Å². The fraction of sp³-hybridized carbons (Fsp3) is 0.938. The number of rotatable bonds is 4. The molecule has 110 valence electrons. The minimum atomic E-state index is 0.134. The molecule has 3 nitrogen and oxygen atoms in total. The second-order valence-corrected chi connectivity index (χ2v) is 6.93. The Balaban J connectivity index is 1.72. The molecule has 1 amide bonds. The fourth-order valence-corrected chi connectivity index (χ4v) is 3.88. The van der Waals surface area contributed by atoms with Crippen LogP contribution in [-0.2, 0) is 4.79 Å². The van der Waals surface area contributed by atoms with Gasteiger partial charge in [0.1, 0.15) is 0 Å². The van der Waals surface area contributed by atoms with Crippen LogP contribution < -0.4 is 11.1 Å². The first-order valence-corrected chi connectivity index (χ1v) is 8.11. The molecule has 4 unspecified atom stereocenters. The van der Waals surface area contributed by atoms with Gasteiger partial charge in [-0.3, -0.25) is 4.79 Å². The molecule has 0 heterocycles. The average Bonchev–Trinajstić information content (AvgIpc) is 2.86. The number of hydrogen-bond donors (Lipinski definition) is 2. The lowest BCUT2D eigenvalue weighted by atomic mass is 9.72. The van der Waals surface area contributed by atoms with Crippen molar-refractivity contribution < 1.29 is 4.79 Å². The topological polar surface area (TPSA) is 55.1 Å². The van der Waals surface area contributed by atoms with Crippen LogP contribution in [0.1, 0.15) is 58.8 Å². The van der Waals surface area contributed by atoms with Gasteiger partial charge >= 0.3 is 0 Å². The Hall–Kier alpha value is -0.570. The van der Waals surface area contributed by atoms with Crippen LogP contribution in [0, 0.1) is 23.7 Å². The van der Waals surface area contributed by atoms with Crippen molar-refractivity contribution in [1.82, 2.24) is 5.32 Å². The predicted octanol–water partition coefficient (Wildman–Crippen LogP) is 2.69. The van der Waals surface area contributed by atoms with Crippen molar-refractivity contribution in [3.63, 3.8) is 0 Å². The summed E-state index contributed by atoms with van der Waals surface area (Å²) in [7, 11) is 0. The largest absolute Gasteiger partial charge is 0.356 e. The molecule has 0 bridgehead atoms. The van der Waals surface area contributed by atoms with Crippen molar-refractivity contribution in [1.29, 1.82) is 0 Å². The molecular weight excluding hydrogens is 236 g/mol. The van der Waals surface area contributed by atoms with Gasteiger partial charge in [-0.05, 0) is 37.0 Å². The number of hydrogen-bond acceptors (Lipinski definition) is 2. The SMILES string of the molecule is CC1CC(C)C(C(=O)NCCC2CCCC2)CC1N. The lowest BCUT2D eigenvalue weighted by Gasteiger charge is -2.36. The molecule has 19 heavy (non-hydrogen) atoms. The summed E-state index contributed by atoms with van der Waals surface area (Å²) in [4.78, 5) is 12.3. The number of carbonyl (C=O) groups excluding carboxylic acids is 1. The van der Waals surface area contributed by atoms with Crippen molar-refractivity contribution in [2.75, 3.05) is 6.54 Å². The van der Waals surface area contributed by atoms with Crippen LogP contribution in [0.2, 0.25) is 0 Å². The van der Waals surface area contributed by atoms with E-state index in [1.54, 1.807) is 0 Å². The van der Waals surface area contributed by atoms with Gasteiger partial charge in [-0.1, -0.05) is 39.5 Å². The summed E-state index contributed by atoms with van der Waals surface area (Å²) in [5, 5.41) is 3.15. The molecule has 3 N–H and O–H groups in total. The lowest BCUT2D eigenvalue weighted by Crippen LogP contribution is -2.45. The number of carbonyl (C=O) groups is 1. The highest BCUT2D eigenvalue weighted by atomic mass is 16.1. The second-order valence-electron chi connectivity index (χ2n) is 6.93. The maximum Gasteiger partial charge on any atom is 0.223 e. The predicted molar refractivity (Wildman–Crippen MR) is 78.6 cm³/mol. The van der Waals surface area contributed by atoms with Crippen LogP contribution in [0.4, 0.5) is 0 Å². The third-order valence-electron chi connectivity index (χ3n) is 5.35. The monoisotopic (exact) mass is 266 g/mol. The molecular formula is C16H30N2O. The maximum absolute atomic E-state index is 12.3. The molecule has 2 fully saturated rings. The zero-order chi connectivity index (χ0) is 13.8. The summed E-state index contributed by atoms with van der Waals surface area (Å²) < 4.78 is 0. The van der Waals surface area contributed by atoms with E-state index in [9.17, 15) is 4.79 Å². The van der Waals surface area contributed by atoms with Crippen LogP contribution in [0.5, 0.6) is 0 Å². The van der Waals surface area contributed by atoms with Crippen molar-refractivity contribution in [2.45, 2.75) is 64.8 Å². The summed E-state index contributed by atoms with van der Waals surface area (Å²) in [6, 6.07) is 0.196. The molecule has 3 heteroatoms. The van der Waals surface area contributed by atoms with Gasteiger partial charge in [0.05, 0.1) is 0 Å². The zero-order valence-corrected chi connectivity index (χ0v) is 12.5. The van der Waals surface area contributed by atoms with Crippen LogP contribution >= 0.6 is 0 Å². The van der Waals surface area contributed by atoms with Crippen LogP contribution in [0.15, 0.2) is 0 Å². The summed E-state index contributed by atoms with van der Waals surface area (Å²) >= 11 is 0. The van der Waals surface area contributed by atoms with E-state index in [4.69, 9.17) is 5.73 Å². The van der Waals surface area contributed by atoms with Gasteiger partial charge in [-0.15, -0.1) is 0 Å². The first-order valence-electron chi connectivity index (χ1n) is 8.11. The van der Waals surface area contributed by atoms with Crippen molar-refractivity contribution >= 4 is 5.91 Å². The van der Waals surface area contributed by atoms with E-state index in [0.29, 0.717) is 11.8 Å². The summed E-state index contributed by atoms with van der Waals surface area (Å²) in [5.74, 6) is 2.26. The van der Waals surface area contributed by atoms with E-state index in [-0.39, 0.29) is 17.9 Å². The van der Waals surface area contributed by atoms with Gasteiger partial charge in [-0.25, -0.2) is 0 Å². The Morgan fingerprint density at radius 1 is 1.16 bits per heavy atom. The normalized spacial score (nSPS) is 36.4. The molecule has 0 spiro atoms. The van der Waals surface area contributed by atoms with E-state index in [0.717, 1.165) is 31.7 Å². The summed E-state index contributed by atoms with van der Waals surface area (Å²) in [6.07, 6.45) is 8.58. The summed E-state index contributed by atoms with van der Waals surface area (Å²) in [5.41, 5.74) is 6.12. The third kappa shape index (κ3) is 3.95. The van der Waals surface area contributed by atoms with Gasteiger partial charge in [-0.2, -0.15) is 0 Å². The van der Waals surface area contributed by atoms with Crippen LogP contribution in [-0.4, -0.2) is 18.5 Å². The number of nitrogens with two attached hydrogens (primary N) is 1. The molecule has 2 rings (SSSR count). The van der Waals surface area contributed by atoms with Crippen LogP contribution in [0.25, 0.3) is 0 Å². The van der Waals surface area contributed by atoms with Crippen LogP contribution in [0.3, 0.4) is 0 Å². The Kier molecular flexibility index (Phi) is 5.26. The average molecular weight is 266 g/mol. The highest BCUT2D eigenvalue weighted by Gasteiger charge is 2.34. The van der Waals surface area contributed by atoms with E-state index in [2.05, 4.69) is 19.2 Å². The Morgan fingerprint density at radius 3 is 2.53 bits per heavy atom. The quantitative estimate of drug-likeness (QED) is 0.822. The molecule has 0 saturated heterocycles. The Morgan fingerprint density at radius 2 is 1.84 bits per heavy atom. The Labute approximate surface area is 117 Å². The third-order valence-corrected chi connectivity index (χ3v) is 5.35. The van der Waals surface area contributed by atoms with Gasteiger partial charge in [0.25, 0.3) is 0 Å². The smallest absolute Gasteiger partial charge is 0.223 e. The first-order chi connectivity index (χ1) is 9.08. The van der Waals surface area contributed by atoms with E-state index >= 15 is 0 Å². The minimum absolute atomic E-state index is 0.134. The van der Waals surface area contributed by atoms with Gasteiger partial charge < -0.3 is 11.1 Å². The molecule has 4 atom stereocenters. The molecule has 2 saturated carbocycles. The zero-order valence-electron chi connectivity index (χ0n) is 12.5. The maximum atomic E-state index is 12.3. The number of amides is 1. The molecule has 2 aliphatic carbocycles. The van der Waals surface area contributed by atoms with Gasteiger partial charge in [0, 0.05) is 18.5 Å². The van der Waals surface area contributed by atoms with Gasteiger partial charge in [0.2, 0.25) is 5.91 Å². The molecule has 2 aliphatic rings. The molecule has 0 aromatic rings. The second kappa shape index (κ2) is 6.74. The Bertz CT molecular complexity index is 299.